The molecular formula is C20H21N3O2S. The lowest BCUT2D eigenvalue weighted by Gasteiger charge is -2.33. The minimum absolute atomic E-state index is 0.0230. The number of aryl methyl sites for hydroxylation is 1. The van der Waals surface area contributed by atoms with Crippen molar-refractivity contribution in [3.05, 3.63) is 65.1 Å². The number of hydrogen-bond acceptors (Lipinski definition) is 5. The van der Waals surface area contributed by atoms with Crippen molar-refractivity contribution in [2.75, 3.05) is 26.2 Å². The molecule has 1 fully saturated rings. The van der Waals surface area contributed by atoms with Crippen LogP contribution in [-0.2, 0) is 6.54 Å². The molecule has 0 spiro atoms. The van der Waals surface area contributed by atoms with E-state index in [-0.39, 0.29) is 5.91 Å². The van der Waals surface area contributed by atoms with Gasteiger partial charge in [-0.2, -0.15) is 0 Å². The van der Waals surface area contributed by atoms with Gasteiger partial charge in [0.25, 0.3) is 5.91 Å². The Morgan fingerprint density at radius 3 is 2.69 bits per heavy atom. The lowest BCUT2D eigenvalue weighted by molar-refractivity contribution is 0.0596. The van der Waals surface area contributed by atoms with Gasteiger partial charge >= 0.3 is 0 Å². The average molecular weight is 367 g/mol. The van der Waals surface area contributed by atoms with Crippen LogP contribution in [-0.4, -0.2) is 46.9 Å². The summed E-state index contributed by atoms with van der Waals surface area (Å²) in [6, 6.07) is 11.8. The predicted octanol–water partition coefficient (Wildman–Crippen LogP) is 3.67. The monoisotopic (exact) mass is 367 g/mol. The molecule has 0 N–H and O–H groups in total. The molecule has 1 aromatic carbocycles. The Kier molecular flexibility index (Phi) is 4.86. The zero-order chi connectivity index (χ0) is 17.9. The minimum atomic E-state index is -0.0230. The molecule has 3 heterocycles. The first kappa shape index (κ1) is 17.0. The van der Waals surface area contributed by atoms with Crippen molar-refractivity contribution < 1.29 is 9.21 Å². The van der Waals surface area contributed by atoms with Crippen molar-refractivity contribution in [3.63, 3.8) is 0 Å². The normalized spacial score (nSPS) is 15.3. The Hall–Kier alpha value is -2.44. The van der Waals surface area contributed by atoms with Gasteiger partial charge in [-0.1, -0.05) is 24.3 Å². The highest BCUT2D eigenvalue weighted by atomic mass is 32.1. The molecule has 1 aliphatic rings. The van der Waals surface area contributed by atoms with E-state index in [0.717, 1.165) is 30.3 Å². The molecule has 3 aromatic rings. The van der Waals surface area contributed by atoms with Gasteiger partial charge in [-0.25, -0.2) is 4.98 Å². The summed E-state index contributed by atoms with van der Waals surface area (Å²) in [7, 11) is 0. The number of thiazole rings is 1. The van der Waals surface area contributed by atoms with Crippen molar-refractivity contribution in [2.24, 2.45) is 0 Å². The number of rotatable bonds is 4. The number of carbonyl (C=O) groups excluding carboxylic acids is 1. The van der Waals surface area contributed by atoms with Gasteiger partial charge in [0.1, 0.15) is 5.01 Å². The van der Waals surface area contributed by atoms with Crippen molar-refractivity contribution in [2.45, 2.75) is 13.5 Å². The van der Waals surface area contributed by atoms with E-state index in [0.29, 0.717) is 18.8 Å². The molecule has 0 bridgehead atoms. The van der Waals surface area contributed by atoms with Crippen LogP contribution in [0.1, 0.15) is 21.8 Å². The third-order valence-electron chi connectivity index (χ3n) is 4.70. The zero-order valence-electron chi connectivity index (χ0n) is 14.7. The van der Waals surface area contributed by atoms with Gasteiger partial charge in [0.05, 0.1) is 12.0 Å². The third kappa shape index (κ3) is 3.57. The van der Waals surface area contributed by atoms with Gasteiger partial charge in [-0.3, -0.25) is 9.69 Å². The fourth-order valence-corrected chi connectivity index (χ4v) is 4.11. The second-order valence-corrected chi connectivity index (χ2v) is 7.36. The lowest BCUT2D eigenvalue weighted by Crippen LogP contribution is -2.48. The molecule has 1 aliphatic heterocycles. The van der Waals surface area contributed by atoms with Crippen LogP contribution in [0.5, 0.6) is 0 Å². The number of benzene rings is 1. The van der Waals surface area contributed by atoms with Crippen LogP contribution in [0.15, 0.2) is 52.5 Å². The second-order valence-electron chi connectivity index (χ2n) is 6.50. The quantitative estimate of drug-likeness (QED) is 0.706. The molecule has 4 rings (SSSR count). The molecule has 0 unspecified atom stereocenters. The first-order valence-corrected chi connectivity index (χ1v) is 9.64. The van der Waals surface area contributed by atoms with Crippen LogP contribution in [0.25, 0.3) is 10.6 Å². The topological polar surface area (TPSA) is 49.6 Å². The van der Waals surface area contributed by atoms with Crippen LogP contribution in [0, 0.1) is 6.92 Å². The molecule has 0 radical (unpaired) electrons. The number of hydrogen-bond donors (Lipinski definition) is 0. The van der Waals surface area contributed by atoms with Crippen molar-refractivity contribution in [1.29, 1.82) is 0 Å². The number of piperazine rings is 1. The number of furan rings is 1. The summed E-state index contributed by atoms with van der Waals surface area (Å²) in [5.41, 5.74) is 3.55. The number of amides is 1. The van der Waals surface area contributed by atoms with Crippen LogP contribution in [0.2, 0.25) is 0 Å². The van der Waals surface area contributed by atoms with Crippen molar-refractivity contribution >= 4 is 17.2 Å². The molecular weight excluding hydrogens is 346 g/mol. The lowest BCUT2D eigenvalue weighted by atomic mass is 10.1. The van der Waals surface area contributed by atoms with E-state index in [2.05, 4.69) is 41.5 Å². The predicted molar refractivity (Wildman–Crippen MR) is 102 cm³/mol. The van der Waals surface area contributed by atoms with Crippen LogP contribution < -0.4 is 0 Å². The largest absolute Gasteiger partial charge is 0.459 e. The molecule has 1 saturated heterocycles. The Balaban J connectivity index is 1.35. The second kappa shape index (κ2) is 7.43. The maximum atomic E-state index is 12.3. The number of carbonyl (C=O) groups is 1. The summed E-state index contributed by atoms with van der Waals surface area (Å²) >= 11 is 1.69. The highest BCUT2D eigenvalue weighted by Gasteiger charge is 2.24. The van der Waals surface area contributed by atoms with E-state index in [1.807, 2.05) is 4.90 Å². The SMILES string of the molecule is Cc1ccccc1-c1nc(CN2CCN(C(=O)c3ccco3)CC2)cs1. The summed E-state index contributed by atoms with van der Waals surface area (Å²) in [5.74, 6) is 0.394. The Bertz CT molecular complexity index is 880. The summed E-state index contributed by atoms with van der Waals surface area (Å²) in [5, 5.41) is 3.21. The number of nitrogens with zero attached hydrogens (tertiary/aromatic N) is 3. The summed E-state index contributed by atoms with van der Waals surface area (Å²) in [6.07, 6.45) is 1.54. The van der Waals surface area contributed by atoms with E-state index >= 15 is 0 Å². The van der Waals surface area contributed by atoms with Gasteiger partial charge in [0, 0.05) is 43.7 Å². The van der Waals surface area contributed by atoms with Gasteiger partial charge < -0.3 is 9.32 Å². The molecule has 134 valence electrons. The zero-order valence-corrected chi connectivity index (χ0v) is 15.5. The highest BCUT2D eigenvalue weighted by molar-refractivity contribution is 7.13. The van der Waals surface area contributed by atoms with Crippen molar-refractivity contribution in [3.8, 4) is 10.6 Å². The van der Waals surface area contributed by atoms with E-state index < -0.39 is 0 Å². The maximum absolute atomic E-state index is 12.3. The number of aromatic nitrogens is 1. The first-order valence-electron chi connectivity index (χ1n) is 8.76. The Morgan fingerprint density at radius 2 is 1.96 bits per heavy atom. The highest BCUT2D eigenvalue weighted by Crippen LogP contribution is 2.27. The Morgan fingerprint density at radius 1 is 1.15 bits per heavy atom. The molecule has 0 atom stereocenters. The van der Waals surface area contributed by atoms with Crippen molar-refractivity contribution in [1.82, 2.24) is 14.8 Å². The maximum Gasteiger partial charge on any atom is 0.289 e. The molecule has 0 saturated carbocycles. The molecule has 0 aliphatic carbocycles. The minimum Gasteiger partial charge on any atom is -0.459 e. The van der Waals surface area contributed by atoms with Gasteiger partial charge in [-0.05, 0) is 24.6 Å². The standard InChI is InChI=1S/C20H21N3O2S/c1-15-5-2-3-6-17(15)19-21-16(14-26-19)13-22-8-10-23(11-9-22)20(24)18-7-4-12-25-18/h2-7,12,14H,8-11,13H2,1H3. The summed E-state index contributed by atoms with van der Waals surface area (Å²) < 4.78 is 5.21. The smallest absolute Gasteiger partial charge is 0.289 e. The van der Waals surface area contributed by atoms with Gasteiger partial charge in [-0.15, -0.1) is 11.3 Å². The van der Waals surface area contributed by atoms with Crippen LogP contribution in [0.4, 0.5) is 0 Å². The fraction of sp³-hybridized carbons (Fsp3) is 0.300. The van der Waals surface area contributed by atoms with Gasteiger partial charge in [0.15, 0.2) is 5.76 Å². The summed E-state index contributed by atoms with van der Waals surface area (Å²) in [6.45, 7) is 6.08. The van der Waals surface area contributed by atoms with Crippen LogP contribution >= 0.6 is 11.3 Å². The molecule has 2 aromatic heterocycles. The summed E-state index contributed by atoms with van der Waals surface area (Å²) in [4.78, 5) is 21.3. The third-order valence-corrected chi connectivity index (χ3v) is 5.63. The average Bonchev–Trinajstić information content (AvgIpc) is 3.34. The van der Waals surface area contributed by atoms with E-state index in [9.17, 15) is 4.79 Å². The molecule has 5 nitrogen and oxygen atoms in total. The van der Waals surface area contributed by atoms with E-state index in [1.54, 1.807) is 23.5 Å². The fourth-order valence-electron chi connectivity index (χ4n) is 3.21. The Labute approximate surface area is 156 Å². The molecule has 1 amide bonds. The molecule has 26 heavy (non-hydrogen) atoms. The van der Waals surface area contributed by atoms with Crippen LogP contribution in [0.3, 0.4) is 0 Å². The van der Waals surface area contributed by atoms with E-state index in [4.69, 9.17) is 9.40 Å². The van der Waals surface area contributed by atoms with E-state index in [1.165, 1.54) is 17.4 Å². The molecule has 6 heteroatoms. The first-order chi connectivity index (χ1) is 12.7. The van der Waals surface area contributed by atoms with Gasteiger partial charge in [0.2, 0.25) is 0 Å².